The van der Waals surface area contributed by atoms with Crippen LogP contribution in [-0.4, -0.2) is 26.1 Å². The summed E-state index contributed by atoms with van der Waals surface area (Å²) >= 11 is 0. The molecule has 0 saturated carbocycles. The Bertz CT molecular complexity index is 2010. The molecule has 2 amide bonds. The molecule has 8 rings (SSSR count). The van der Waals surface area contributed by atoms with Crippen molar-refractivity contribution in [1.82, 2.24) is 14.5 Å². The summed E-state index contributed by atoms with van der Waals surface area (Å²) in [6, 6.07) is 28.4. The van der Waals surface area contributed by atoms with Crippen molar-refractivity contribution >= 4 is 21.6 Å². The molecule has 244 valence electrons. The van der Waals surface area contributed by atoms with E-state index in [9.17, 15) is 4.79 Å². The van der Waals surface area contributed by atoms with Crippen molar-refractivity contribution in [2.24, 2.45) is 4.36 Å². The van der Waals surface area contributed by atoms with Gasteiger partial charge in [0.15, 0.2) is 9.92 Å². The molecule has 2 aliphatic carbocycles. The molecule has 0 bridgehead atoms. The second-order valence-corrected chi connectivity index (χ2v) is 14.6. The lowest BCUT2D eigenvalue weighted by Gasteiger charge is -2.37. The zero-order valence-electron chi connectivity index (χ0n) is 26.6. The first-order valence-electron chi connectivity index (χ1n) is 16.5. The van der Waals surface area contributed by atoms with Gasteiger partial charge in [-0.15, -0.1) is 4.36 Å². The smallest absolute Gasteiger partial charge is 0.354 e. The topological polar surface area (TPSA) is 97.6 Å². The number of carbonyl (C=O) groups is 1. The summed E-state index contributed by atoms with van der Waals surface area (Å²) in [7, 11) is -3.85. The first-order valence-corrected chi connectivity index (χ1v) is 18.0. The van der Waals surface area contributed by atoms with Crippen LogP contribution in [-0.2, 0) is 47.7 Å². The van der Waals surface area contributed by atoms with Crippen molar-refractivity contribution in [3.8, 4) is 5.88 Å². The molecule has 2 atom stereocenters. The quantitative estimate of drug-likeness (QED) is 0.179. The van der Waals surface area contributed by atoms with Gasteiger partial charge < -0.3 is 10.1 Å². The minimum Gasteiger partial charge on any atom is -0.472 e. The molecule has 1 aromatic heterocycles. The third-order valence-electron chi connectivity index (χ3n) is 9.72. The number of ether oxygens (including phenoxy) is 1. The maximum Gasteiger partial charge on any atom is 0.354 e. The maximum absolute atomic E-state index is 15.8. The van der Waals surface area contributed by atoms with E-state index in [1.54, 1.807) is 4.68 Å². The van der Waals surface area contributed by atoms with E-state index in [4.69, 9.17) is 4.74 Å². The molecule has 4 aromatic carbocycles. The van der Waals surface area contributed by atoms with Gasteiger partial charge in [-0.1, -0.05) is 91.0 Å². The fourth-order valence-corrected chi connectivity index (χ4v) is 9.51. The number of carbonyl (C=O) groups excluding carboxylic acids is 1. The number of nitrogens with one attached hydrogen (secondary N) is 2. The number of hydrogen-bond acceptors (Lipinski definition) is 4. The molecule has 2 heterocycles. The minimum absolute atomic E-state index is 0.129. The average Bonchev–Trinajstić information content (AvgIpc) is 3.92. The van der Waals surface area contributed by atoms with E-state index in [-0.39, 0.29) is 16.8 Å². The van der Waals surface area contributed by atoms with Crippen LogP contribution in [0.15, 0.2) is 106 Å². The Morgan fingerprint density at radius 2 is 1.35 bits per heavy atom. The third-order valence-corrected chi connectivity index (χ3v) is 11.6. The van der Waals surface area contributed by atoms with Crippen LogP contribution in [0.1, 0.15) is 58.7 Å². The number of anilines is 1. The summed E-state index contributed by atoms with van der Waals surface area (Å²) in [5.74, 6) is 0.179. The van der Waals surface area contributed by atoms with Crippen LogP contribution in [0.2, 0.25) is 0 Å². The summed E-state index contributed by atoms with van der Waals surface area (Å²) in [5.41, 5.74) is 4.82. The third kappa shape index (κ3) is 5.02. The number of rotatable bonds is 7. The van der Waals surface area contributed by atoms with E-state index >= 15 is 8.60 Å². The van der Waals surface area contributed by atoms with Crippen LogP contribution in [0.25, 0.3) is 0 Å². The largest absolute Gasteiger partial charge is 0.472 e. The number of urea groups is 1. The SMILES string of the molecule is C[C@H]1Cn2ncc(S(=O)(=NC(=O)Nc3c4c(c(F)c5c3CCC5)CCC4)NC(c3ccccc3)(c3ccccc3)c3ccccc3)c2O1. The van der Waals surface area contributed by atoms with Crippen molar-refractivity contribution in [3.05, 3.63) is 142 Å². The fourth-order valence-electron chi connectivity index (χ4n) is 7.63. The molecule has 0 fully saturated rings. The van der Waals surface area contributed by atoms with Crippen LogP contribution < -0.4 is 14.8 Å². The van der Waals surface area contributed by atoms with Crippen molar-refractivity contribution < 1.29 is 18.1 Å². The average molecular weight is 662 g/mol. The Morgan fingerprint density at radius 3 is 1.88 bits per heavy atom. The van der Waals surface area contributed by atoms with Crippen molar-refractivity contribution in [2.45, 2.75) is 68.5 Å². The van der Waals surface area contributed by atoms with Crippen LogP contribution in [0.3, 0.4) is 0 Å². The second kappa shape index (κ2) is 12.0. The van der Waals surface area contributed by atoms with Gasteiger partial charge in [0.05, 0.1) is 12.7 Å². The molecule has 0 spiro atoms. The van der Waals surface area contributed by atoms with E-state index < -0.39 is 21.5 Å². The maximum atomic E-state index is 15.8. The zero-order valence-corrected chi connectivity index (χ0v) is 27.4. The molecule has 0 radical (unpaired) electrons. The van der Waals surface area contributed by atoms with Gasteiger partial charge >= 0.3 is 6.03 Å². The summed E-state index contributed by atoms with van der Waals surface area (Å²) in [6.45, 7) is 2.39. The molecule has 5 aromatic rings. The van der Waals surface area contributed by atoms with Gasteiger partial charge in [-0.25, -0.2) is 22.8 Å². The number of halogens is 1. The van der Waals surface area contributed by atoms with E-state index in [0.29, 0.717) is 54.9 Å². The second-order valence-electron chi connectivity index (χ2n) is 12.7. The van der Waals surface area contributed by atoms with Gasteiger partial charge in [-0.2, -0.15) is 5.10 Å². The molecule has 48 heavy (non-hydrogen) atoms. The summed E-state index contributed by atoms with van der Waals surface area (Å²) < 4.78 is 47.1. The van der Waals surface area contributed by atoms with E-state index in [2.05, 4.69) is 19.5 Å². The summed E-state index contributed by atoms with van der Waals surface area (Å²) in [5, 5.41) is 7.51. The lowest BCUT2D eigenvalue weighted by atomic mass is 9.78. The van der Waals surface area contributed by atoms with Crippen LogP contribution in [0.5, 0.6) is 5.88 Å². The molecular formula is C38H36FN5O3S. The number of hydrogen-bond donors (Lipinski definition) is 2. The molecule has 2 N–H and O–H groups in total. The van der Waals surface area contributed by atoms with Crippen molar-refractivity contribution in [2.75, 3.05) is 5.32 Å². The van der Waals surface area contributed by atoms with Gasteiger partial charge in [0.1, 0.15) is 22.4 Å². The normalized spacial score (nSPS) is 17.6. The number of aromatic nitrogens is 2. The predicted octanol–water partition coefficient (Wildman–Crippen LogP) is 7.34. The lowest BCUT2D eigenvalue weighted by molar-refractivity contribution is 0.248. The fraction of sp³-hybridized carbons (Fsp3) is 0.263. The van der Waals surface area contributed by atoms with Crippen molar-refractivity contribution in [3.63, 3.8) is 0 Å². The highest BCUT2D eigenvalue weighted by molar-refractivity contribution is 7.92. The Balaban J connectivity index is 1.34. The highest BCUT2D eigenvalue weighted by Gasteiger charge is 2.42. The Morgan fingerprint density at radius 1 is 0.854 bits per heavy atom. The molecule has 10 heteroatoms. The van der Waals surface area contributed by atoms with E-state index in [1.807, 2.05) is 97.9 Å². The number of nitrogens with zero attached hydrogens (tertiary/aromatic N) is 3. The zero-order chi connectivity index (χ0) is 32.9. The highest BCUT2D eigenvalue weighted by atomic mass is 32.2. The Kier molecular flexibility index (Phi) is 7.64. The molecule has 1 aliphatic heterocycles. The first kappa shape index (κ1) is 30.5. The molecule has 3 aliphatic rings. The predicted molar refractivity (Wildman–Crippen MR) is 183 cm³/mol. The lowest BCUT2D eigenvalue weighted by Crippen LogP contribution is -2.48. The highest BCUT2D eigenvalue weighted by Crippen LogP contribution is 2.43. The Labute approximate surface area is 279 Å². The standard InChI is InChI=1S/C38H36FN5O3S/c1-25-24-44-36(47-25)33(23-40-44)48(46,42-37(45)41-35-31-21-11-19-29(31)34(39)30-20-12-22-32(30)35)43-38(26-13-5-2-6-14-26,27-15-7-3-8-16-27)28-17-9-4-10-18-28/h2-10,13-18,23,25H,11-12,19-22,24H2,1H3,(H2,41,42,43,45,46)/t25-,48?/m0/s1. The van der Waals surface area contributed by atoms with E-state index in [0.717, 1.165) is 40.7 Å². The summed E-state index contributed by atoms with van der Waals surface area (Å²) in [4.78, 5) is 14.4. The monoisotopic (exact) mass is 661 g/mol. The van der Waals surface area contributed by atoms with Gasteiger partial charge in [-0.3, -0.25) is 0 Å². The van der Waals surface area contributed by atoms with Crippen LogP contribution in [0, 0.1) is 5.82 Å². The van der Waals surface area contributed by atoms with E-state index in [1.165, 1.54) is 6.20 Å². The van der Waals surface area contributed by atoms with Gasteiger partial charge in [0.25, 0.3) is 0 Å². The molecule has 0 saturated heterocycles. The molecular weight excluding hydrogens is 626 g/mol. The van der Waals surface area contributed by atoms with Gasteiger partial charge in [0, 0.05) is 5.69 Å². The van der Waals surface area contributed by atoms with Gasteiger partial charge in [-0.05, 0) is 84.4 Å². The number of benzene rings is 4. The van der Waals surface area contributed by atoms with Crippen LogP contribution in [0.4, 0.5) is 14.9 Å². The molecule has 1 unspecified atom stereocenters. The minimum atomic E-state index is -3.85. The number of amides is 2. The number of fused-ring (bicyclic) bond motifs is 3. The van der Waals surface area contributed by atoms with Crippen LogP contribution >= 0.6 is 0 Å². The van der Waals surface area contributed by atoms with Crippen molar-refractivity contribution in [1.29, 1.82) is 0 Å². The van der Waals surface area contributed by atoms with Gasteiger partial charge in [0.2, 0.25) is 5.88 Å². The Hall–Kier alpha value is -4.80. The molecule has 8 nitrogen and oxygen atoms in total. The first-order chi connectivity index (χ1) is 23.4. The summed E-state index contributed by atoms with van der Waals surface area (Å²) in [6.07, 6.45) is 5.54.